The normalized spacial score (nSPS) is 27.6. The summed E-state index contributed by atoms with van der Waals surface area (Å²) in [4.78, 5) is 0. The molecule has 0 bridgehead atoms. The highest BCUT2D eigenvalue weighted by molar-refractivity contribution is 5.13. The molecular formula is C16H26NO+. The molecule has 1 aliphatic rings. The van der Waals surface area contributed by atoms with Crippen molar-refractivity contribution in [3.63, 3.8) is 0 Å². The Morgan fingerprint density at radius 2 is 2.06 bits per heavy atom. The number of hydrogen-bond acceptors (Lipinski definition) is 1. The summed E-state index contributed by atoms with van der Waals surface area (Å²) < 4.78 is 7.04. The summed E-state index contributed by atoms with van der Waals surface area (Å²) in [5, 5.41) is 0. The second-order valence-corrected chi connectivity index (χ2v) is 5.67. The van der Waals surface area contributed by atoms with Crippen LogP contribution in [0.1, 0.15) is 31.7 Å². The molecule has 0 spiro atoms. The monoisotopic (exact) mass is 248 g/mol. The Morgan fingerprint density at radius 3 is 2.78 bits per heavy atom. The molecule has 0 radical (unpaired) electrons. The quantitative estimate of drug-likeness (QED) is 0.555. The summed E-state index contributed by atoms with van der Waals surface area (Å²) in [6.45, 7) is 6.43. The predicted octanol–water partition coefficient (Wildman–Crippen LogP) is 3.22. The van der Waals surface area contributed by atoms with Gasteiger partial charge in [-0.3, -0.25) is 0 Å². The number of likely N-dealkylation sites (N-methyl/N-ethyl adjacent to an activating group) is 1. The maximum absolute atomic E-state index is 5.82. The topological polar surface area (TPSA) is 9.23 Å². The third-order valence-electron chi connectivity index (χ3n) is 4.42. The number of benzene rings is 1. The van der Waals surface area contributed by atoms with Crippen LogP contribution < -0.4 is 0 Å². The van der Waals surface area contributed by atoms with Gasteiger partial charge in [0.25, 0.3) is 0 Å². The van der Waals surface area contributed by atoms with Crippen molar-refractivity contribution in [1.29, 1.82) is 0 Å². The minimum Gasteiger partial charge on any atom is -0.371 e. The van der Waals surface area contributed by atoms with Crippen molar-refractivity contribution in [2.75, 3.05) is 26.7 Å². The molecule has 0 saturated carbocycles. The highest BCUT2D eigenvalue weighted by Crippen LogP contribution is 2.26. The number of nitrogens with zero attached hydrogens (tertiary/aromatic N) is 1. The van der Waals surface area contributed by atoms with E-state index >= 15 is 0 Å². The van der Waals surface area contributed by atoms with Crippen molar-refractivity contribution < 1.29 is 9.22 Å². The molecule has 2 rings (SSSR count). The molecule has 1 aromatic rings. The van der Waals surface area contributed by atoms with Gasteiger partial charge in [0.2, 0.25) is 0 Å². The lowest BCUT2D eigenvalue weighted by Gasteiger charge is -2.35. The molecule has 1 unspecified atom stereocenters. The summed E-state index contributed by atoms with van der Waals surface area (Å²) in [6.07, 6.45) is 4.08. The SMILES string of the molecule is CC[C@H]1CCC[N+]1(C)CCOCc1ccccc1. The number of likely N-dealkylation sites (tertiary alicyclic amines) is 1. The van der Waals surface area contributed by atoms with E-state index in [1.165, 1.54) is 35.9 Å². The molecular weight excluding hydrogens is 222 g/mol. The summed E-state index contributed by atoms with van der Waals surface area (Å²) in [5.74, 6) is 0. The maximum atomic E-state index is 5.82. The first-order valence-electron chi connectivity index (χ1n) is 7.20. The molecule has 18 heavy (non-hydrogen) atoms. The fourth-order valence-electron chi connectivity index (χ4n) is 3.16. The molecule has 1 aromatic carbocycles. The largest absolute Gasteiger partial charge is 0.371 e. The zero-order chi connectivity index (χ0) is 12.8. The average Bonchev–Trinajstić information content (AvgIpc) is 2.77. The summed E-state index contributed by atoms with van der Waals surface area (Å²) in [5.41, 5.74) is 1.27. The number of quaternary nitrogens is 1. The van der Waals surface area contributed by atoms with E-state index < -0.39 is 0 Å². The van der Waals surface area contributed by atoms with Gasteiger partial charge in [0.1, 0.15) is 6.54 Å². The van der Waals surface area contributed by atoms with Crippen molar-refractivity contribution >= 4 is 0 Å². The Morgan fingerprint density at radius 1 is 1.28 bits per heavy atom. The smallest absolute Gasteiger partial charge is 0.102 e. The van der Waals surface area contributed by atoms with Crippen molar-refractivity contribution in [1.82, 2.24) is 0 Å². The Hall–Kier alpha value is -0.860. The van der Waals surface area contributed by atoms with E-state index in [4.69, 9.17) is 4.74 Å². The zero-order valence-electron chi connectivity index (χ0n) is 11.8. The molecule has 2 atom stereocenters. The van der Waals surface area contributed by atoms with E-state index in [1.54, 1.807) is 0 Å². The van der Waals surface area contributed by atoms with Crippen LogP contribution in [0.2, 0.25) is 0 Å². The van der Waals surface area contributed by atoms with Gasteiger partial charge < -0.3 is 9.22 Å². The van der Waals surface area contributed by atoms with Crippen LogP contribution in [0, 0.1) is 0 Å². The average molecular weight is 248 g/mol. The van der Waals surface area contributed by atoms with Gasteiger partial charge in [0.15, 0.2) is 0 Å². The van der Waals surface area contributed by atoms with E-state index in [2.05, 4.69) is 38.2 Å². The third-order valence-corrected chi connectivity index (χ3v) is 4.42. The second kappa shape index (κ2) is 6.35. The summed E-state index contributed by atoms with van der Waals surface area (Å²) in [6, 6.07) is 11.3. The molecule has 1 saturated heterocycles. The summed E-state index contributed by atoms with van der Waals surface area (Å²) >= 11 is 0. The van der Waals surface area contributed by atoms with E-state index in [-0.39, 0.29) is 0 Å². The first-order chi connectivity index (χ1) is 8.74. The Bertz CT molecular complexity index is 351. The molecule has 2 nitrogen and oxygen atoms in total. The highest BCUT2D eigenvalue weighted by atomic mass is 16.5. The third kappa shape index (κ3) is 3.33. The molecule has 100 valence electrons. The van der Waals surface area contributed by atoms with Gasteiger partial charge >= 0.3 is 0 Å². The van der Waals surface area contributed by atoms with E-state index in [1.807, 2.05) is 6.07 Å². The zero-order valence-corrected chi connectivity index (χ0v) is 11.8. The highest BCUT2D eigenvalue weighted by Gasteiger charge is 2.35. The van der Waals surface area contributed by atoms with Crippen LogP contribution in [0.15, 0.2) is 30.3 Å². The Kier molecular flexibility index (Phi) is 4.79. The molecule has 0 aliphatic carbocycles. The number of rotatable bonds is 6. The van der Waals surface area contributed by atoms with Gasteiger partial charge in [0, 0.05) is 12.8 Å². The van der Waals surface area contributed by atoms with Gasteiger partial charge in [-0.1, -0.05) is 37.3 Å². The molecule has 0 amide bonds. The van der Waals surface area contributed by atoms with E-state index in [0.29, 0.717) is 0 Å². The van der Waals surface area contributed by atoms with Crippen LogP contribution in [0.5, 0.6) is 0 Å². The molecule has 2 heteroatoms. The molecule has 1 aliphatic heterocycles. The summed E-state index contributed by atoms with van der Waals surface area (Å²) in [7, 11) is 2.40. The lowest BCUT2D eigenvalue weighted by atomic mass is 10.1. The van der Waals surface area contributed by atoms with Crippen LogP contribution in [0.3, 0.4) is 0 Å². The van der Waals surface area contributed by atoms with Crippen LogP contribution in [-0.2, 0) is 11.3 Å². The van der Waals surface area contributed by atoms with Crippen molar-refractivity contribution in [2.24, 2.45) is 0 Å². The fourth-order valence-corrected chi connectivity index (χ4v) is 3.16. The maximum Gasteiger partial charge on any atom is 0.102 e. The second-order valence-electron chi connectivity index (χ2n) is 5.67. The number of ether oxygens (including phenoxy) is 1. The minimum atomic E-state index is 0.748. The van der Waals surface area contributed by atoms with Crippen LogP contribution >= 0.6 is 0 Å². The molecule has 0 aromatic heterocycles. The first-order valence-corrected chi connectivity index (χ1v) is 7.20. The predicted molar refractivity (Wildman–Crippen MR) is 75.3 cm³/mol. The molecule has 0 N–H and O–H groups in total. The minimum absolute atomic E-state index is 0.748. The van der Waals surface area contributed by atoms with Gasteiger partial charge in [0.05, 0.1) is 32.8 Å². The van der Waals surface area contributed by atoms with Gasteiger partial charge in [-0.05, 0) is 12.0 Å². The van der Waals surface area contributed by atoms with Crippen LogP contribution in [0.4, 0.5) is 0 Å². The van der Waals surface area contributed by atoms with Gasteiger partial charge in [-0.15, -0.1) is 0 Å². The van der Waals surface area contributed by atoms with Crippen molar-refractivity contribution in [3.8, 4) is 0 Å². The Labute approximate surface area is 111 Å². The fraction of sp³-hybridized carbons (Fsp3) is 0.625. The molecule has 1 fully saturated rings. The molecule has 1 heterocycles. The lowest BCUT2D eigenvalue weighted by Crippen LogP contribution is -2.49. The van der Waals surface area contributed by atoms with Crippen LogP contribution in [-0.4, -0.2) is 37.3 Å². The van der Waals surface area contributed by atoms with Gasteiger partial charge in [-0.25, -0.2) is 0 Å². The van der Waals surface area contributed by atoms with E-state index in [9.17, 15) is 0 Å². The standard InChI is InChI=1S/C16H26NO/c1-3-16-10-7-11-17(16,2)12-13-18-14-15-8-5-4-6-9-15/h4-6,8-9,16H,3,7,10-14H2,1-2H3/q+1/t16-,17?/m0/s1. The Balaban J connectivity index is 1.72. The van der Waals surface area contributed by atoms with Crippen LogP contribution in [0.25, 0.3) is 0 Å². The van der Waals surface area contributed by atoms with Crippen molar-refractivity contribution in [2.45, 2.75) is 38.8 Å². The van der Waals surface area contributed by atoms with E-state index in [0.717, 1.165) is 25.8 Å². The first kappa shape index (κ1) is 13.6. The van der Waals surface area contributed by atoms with Gasteiger partial charge in [-0.2, -0.15) is 0 Å². The number of hydrogen-bond donors (Lipinski definition) is 0. The lowest BCUT2D eigenvalue weighted by molar-refractivity contribution is -0.921. The van der Waals surface area contributed by atoms with Crippen molar-refractivity contribution in [3.05, 3.63) is 35.9 Å².